The van der Waals surface area contributed by atoms with Gasteiger partial charge in [-0.2, -0.15) is 0 Å². The van der Waals surface area contributed by atoms with Gasteiger partial charge >= 0.3 is 0 Å². The molecule has 0 saturated heterocycles. The Morgan fingerprint density at radius 1 is 1.27 bits per heavy atom. The van der Waals surface area contributed by atoms with E-state index in [9.17, 15) is 4.79 Å². The number of hydrogen-bond donors (Lipinski definition) is 1. The van der Waals surface area contributed by atoms with Crippen molar-refractivity contribution in [3.63, 3.8) is 0 Å². The van der Waals surface area contributed by atoms with Gasteiger partial charge in [-0.1, -0.05) is 36.7 Å². The molecule has 0 aromatic heterocycles. The minimum Gasteiger partial charge on any atom is -0.489 e. The smallest absolute Gasteiger partial charge is 0.248 e. The number of anilines is 1. The van der Waals surface area contributed by atoms with Gasteiger partial charge in [-0.25, -0.2) is 0 Å². The van der Waals surface area contributed by atoms with Gasteiger partial charge in [0, 0.05) is 18.2 Å². The van der Waals surface area contributed by atoms with Crippen molar-refractivity contribution < 1.29 is 14.3 Å². The first kappa shape index (κ1) is 18.3. The predicted octanol–water partition coefficient (Wildman–Crippen LogP) is 5.02. The summed E-state index contributed by atoms with van der Waals surface area (Å²) >= 11 is 6.29. The van der Waals surface area contributed by atoms with E-state index in [1.54, 1.807) is 12.1 Å². The number of benzene rings is 2. The van der Waals surface area contributed by atoms with Crippen molar-refractivity contribution in [2.45, 2.75) is 26.7 Å². The van der Waals surface area contributed by atoms with Crippen LogP contribution in [0.1, 0.15) is 30.0 Å². The molecule has 0 saturated carbocycles. The predicted molar refractivity (Wildman–Crippen MR) is 105 cm³/mol. The highest BCUT2D eigenvalue weighted by Gasteiger charge is 2.15. The molecule has 0 aliphatic carbocycles. The van der Waals surface area contributed by atoms with Crippen molar-refractivity contribution in [3.8, 4) is 11.5 Å². The summed E-state index contributed by atoms with van der Waals surface area (Å²) in [5.74, 6) is 0.998. The number of fused-ring (bicyclic) bond motifs is 1. The maximum atomic E-state index is 12.3. The molecule has 1 N–H and O–H groups in total. The van der Waals surface area contributed by atoms with Crippen LogP contribution in [0.25, 0.3) is 6.08 Å². The Morgan fingerprint density at radius 2 is 2.08 bits per heavy atom. The molecule has 1 heterocycles. The van der Waals surface area contributed by atoms with E-state index in [-0.39, 0.29) is 5.91 Å². The van der Waals surface area contributed by atoms with Crippen LogP contribution in [0.3, 0.4) is 0 Å². The first-order chi connectivity index (χ1) is 12.6. The van der Waals surface area contributed by atoms with Gasteiger partial charge < -0.3 is 14.8 Å². The van der Waals surface area contributed by atoms with Gasteiger partial charge in [-0.15, -0.1) is 0 Å². The lowest BCUT2D eigenvalue weighted by Crippen LogP contribution is -2.11. The molecule has 2 aromatic rings. The van der Waals surface area contributed by atoms with Crippen LogP contribution in [-0.2, 0) is 11.2 Å². The summed E-state index contributed by atoms with van der Waals surface area (Å²) in [7, 11) is 0. The zero-order valence-electron chi connectivity index (χ0n) is 15.0. The van der Waals surface area contributed by atoms with Gasteiger partial charge in [0.25, 0.3) is 0 Å². The molecule has 2 aromatic carbocycles. The molecule has 1 aliphatic rings. The van der Waals surface area contributed by atoms with Gasteiger partial charge in [0.05, 0.1) is 18.2 Å². The average molecular weight is 372 g/mol. The standard InChI is InChI=1S/C21H22ClNO3/c1-3-16-7-4-6-14(2)20(16)23-19(24)9-8-15-12-17(22)21-18(13-15)25-10-5-11-26-21/h4,6-9,12-13H,3,5,10-11H2,1-2H3,(H,23,24)/b9-8+. The molecule has 0 unspecified atom stereocenters. The second-order valence-electron chi connectivity index (χ2n) is 6.17. The van der Waals surface area contributed by atoms with Crippen LogP contribution in [0.4, 0.5) is 5.69 Å². The lowest BCUT2D eigenvalue weighted by atomic mass is 10.1. The van der Waals surface area contributed by atoms with E-state index in [0.29, 0.717) is 29.7 Å². The maximum Gasteiger partial charge on any atom is 0.248 e. The zero-order chi connectivity index (χ0) is 18.5. The summed E-state index contributed by atoms with van der Waals surface area (Å²) in [6.07, 6.45) is 4.90. The van der Waals surface area contributed by atoms with E-state index >= 15 is 0 Å². The molecule has 26 heavy (non-hydrogen) atoms. The van der Waals surface area contributed by atoms with Crippen molar-refractivity contribution >= 4 is 29.3 Å². The normalized spacial score (nSPS) is 13.5. The van der Waals surface area contributed by atoms with E-state index in [1.165, 1.54) is 6.08 Å². The fraction of sp³-hybridized carbons (Fsp3) is 0.286. The van der Waals surface area contributed by atoms with Gasteiger partial charge in [-0.3, -0.25) is 4.79 Å². The minimum absolute atomic E-state index is 0.183. The van der Waals surface area contributed by atoms with Crippen LogP contribution in [0, 0.1) is 6.92 Å². The van der Waals surface area contributed by atoms with E-state index in [2.05, 4.69) is 12.2 Å². The summed E-state index contributed by atoms with van der Waals surface area (Å²) in [4.78, 5) is 12.3. The summed E-state index contributed by atoms with van der Waals surface area (Å²) in [5.41, 5.74) is 3.83. The molecule has 3 rings (SSSR count). The van der Waals surface area contributed by atoms with Gasteiger partial charge in [0.1, 0.15) is 0 Å². The van der Waals surface area contributed by atoms with Gasteiger partial charge in [0.15, 0.2) is 11.5 Å². The Balaban J connectivity index is 1.77. The van der Waals surface area contributed by atoms with Crippen LogP contribution in [0.15, 0.2) is 36.4 Å². The molecular formula is C21H22ClNO3. The highest BCUT2D eigenvalue weighted by molar-refractivity contribution is 6.32. The van der Waals surface area contributed by atoms with E-state index in [4.69, 9.17) is 21.1 Å². The molecule has 4 nitrogen and oxygen atoms in total. The second kappa shape index (κ2) is 8.28. The van der Waals surface area contributed by atoms with Crippen LogP contribution >= 0.6 is 11.6 Å². The summed E-state index contributed by atoms with van der Waals surface area (Å²) in [6.45, 7) is 5.23. The number of para-hydroxylation sites is 1. The summed E-state index contributed by atoms with van der Waals surface area (Å²) in [5, 5.41) is 3.46. The Hall–Kier alpha value is -2.46. The molecule has 1 aliphatic heterocycles. The number of rotatable bonds is 4. The molecule has 0 spiro atoms. The Kier molecular flexibility index (Phi) is 5.84. The van der Waals surface area contributed by atoms with E-state index in [0.717, 1.165) is 35.2 Å². The first-order valence-corrected chi connectivity index (χ1v) is 9.13. The number of carbonyl (C=O) groups is 1. The molecular weight excluding hydrogens is 350 g/mol. The maximum absolute atomic E-state index is 12.3. The van der Waals surface area contributed by atoms with Gasteiger partial charge in [0.2, 0.25) is 5.91 Å². The number of hydrogen-bond acceptors (Lipinski definition) is 3. The monoisotopic (exact) mass is 371 g/mol. The average Bonchev–Trinajstić information content (AvgIpc) is 2.87. The topological polar surface area (TPSA) is 47.6 Å². The van der Waals surface area contributed by atoms with Crippen molar-refractivity contribution in [2.24, 2.45) is 0 Å². The van der Waals surface area contributed by atoms with Crippen molar-refractivity contribution in [1.82, 2.24) is 0 Å². The van der Waals surface area contributed by atoms with Crippen molar-refractivity contribution in [1.29, 1.82) is 0 Å². The molecule has 1 amide bonds. The zero-order valence-corrected chi connectivity index (χ0v) is 15.7. The van der Waals surface area contributed by atoms with E-state index in [1.807, 2.05) is 31.2 Å². The molecule has 0 fully saturated rings. The number of aryl methyl sites for hydroxylation is 2. The lowest BCUT2D eigenvalue weighted by molar-refractivity contribution is -0.111. The molecule has 0 atom stereocenters. The van der Waals surface area contributed by atoms with Crippen LogP contribution in [0.2, 0.25) is 5.02 Å². The molecule has 0 bridgehead atoms. The highest BCUT2D eigenvalue weighted by atomic mass is 35.5. The fourth-order valence-corrected chi connectivity index (χ4v) is 3.16. The Morgan fingerprint density at radius 3 is 2.88 bits per heavy atom. The quantitative estimate of drug-likeness (QED) is 0.767. The number of amides is 1. The number of halogens is 1. The van der Waals surface area contributed by atoms with Crippen molar-refractivity contribution in [3.05, 3.63) is 58.1 Å². The lowest BCUT2D eigenvalue weighted by Gasteiger charge is -2.12. The molecule has 0 radical (unpaired) electrons. The van der Waals surface area contributed by atoms with E-state index < -0.39 is 0 Å². The highest BCUT2D eigenvalue weighted by Crippen LogP contribution is 2.38. The Labute approximate surface area is 158 Å². The number of nitrogens with one attached hydrogen (secondary N) is 1. The van der Waals surface area contributed by atoms with Crippen molar-refractivity contribution in [2.75, 3.05) is 18.5 Å². The largest absolute Gasteiger partial charge is 0.489 e. The third-order valence-corrected chi connectivity index (χ3v) is 4.52. The number of ether oxygens (including phenoxy) is 2. The third-order valence-electron chi connectivity index (χ3n) is 4.24. The third kappa shape index (κ3) is 4.20. The van der Waals surface area contributed by atoms with Crippen LogP contribution in [-0.4, -0.2) is 19.1 Å². The molecule has 5 heteroatoms. The number of carbonyl (C=O) groups excluding carboxylic acids is 1. The summed E-state index contributed by atoms with van der Waals surface area (Å²) < 4.78 is 11.3. The summed E-state index contributed by atoms with van der Waals surface area (Å²) in [6, 6.07) is 9.61. The molecule has 136 valence electrons. The Bertz CT molecular complexity index is 845. The minimum atomic E-state index is -0.183. The second-order valence-corrected chi connectivity index (χ2v) is 6.57. The van der Waals surface area contributed by atoms with Crippen LogP contribution in [0.5, 0.6) is 11.5 Å². The first-order valence-electron chi connectivity index (χ1n) is 8.75. The fourth-order valence-electron chi connectivity index (χ4n) is 2.89. The van der Waals surface area contributed by atoms with Crippen LogP contribution < -0.4 is 14.8 Å². The van der Waals surface area contributed by atoms with Gasteiger partial charge in [-0.05, 0) is 48.2 Å². The SMILES string of the molecule is CCc1cccc(C)c1NC(=O)/C=C/c1cc(Cl)c2c(c1)OCCCO2.